The molecule has 7 aromatic carbocycles. The summed E-state index contributed by atoms with van der Waals surface area (Å²) in [5.41, 5.74) is 18.5. The molecule has 0 bridgehead atoms. The Balaban J connectivity index is 0.636. The maximum atomic E-state index is 13.3. The summed E-state index contributed by atoms with van der Waals surface area (Å²) in [5, 5.41) is 4.26. The number of para-hydroxylation sites is 1. The number of nitrogens with zero attached hydrogens (tertiary/aromatic N) is 6. The summed E-state index contributed by atoms with van der Waals surface area (Å²) in [6, 6.07) is 59.0. The lowest BCUT2D eigenvalue weighted by molar-refractivity contribution is -0.145. The molecule has 11 heteroatoms. The molecule has 6 heterocycles. The molecule has 0 saturated heterocycles. The van der Waals surface area contributed by atoms with Crippen LogP contribution in [0.1, 0.15) is 61.8 Å². The first-order chi connectivity index (χ1) is 40.1. The molecule has 0 aliphatic rings. The summed E-state index contributed by atoms with van der Waals surface area (Å²) in [4.78, 5) is 40.6. The van der Waals surface area contributed by atoms with E-state index in [1.165, 1.54) is 0 Å². The molecule has 2 atom stereocenters. The van der Waals surface area contributed by atoms with Gasteiger partial charge in [-0.25, -0.2) is 4.98 Å². The summed E-state index contributed by atoms with van der Waals surface area (Å²) in [6.07, 6.45) is 10.9. The second kappa shape index (κ2) is 22.1. The number of aryl methyl sites for hydroxylation is 4. The molecular formula is C71H62N6O5. The molecular weight excluding hydrogens is 1020 g/mol. The molecule has 0 fully saturated rings. The van der Waals surface area contributed by atoms with Crippen molar-refractivity contribution < 1.29 is 23.5 Å². The van der Waals surface area contributed by atoms with Crippen LogP contribution in [0, 0.1) is 25.7 Å². The van der Waals surface area contributed by atoms with Gasteiger partial charge >= 0.3 is 11.9 Å². The van der Waals surface area contributed by atoms with Gasteiger partial charge in [0.25, 0.3) is 0 Å². The number of carbonyl (C=O) groups excluding carboxylic acids is 2. The minimum absolute atomic E-state index is 0.120. The number of fused-ring (bicyclic) bond motifs is 9. The number of pyridine rings is 2. The van der Waals surface area contributed by atoms with Gasteiger partial charge in [0.15, 0.2) is 0 Å². The number of rotatable bonds is 18. The first-order valence-corrected chi connectivity index (χ1v) is 28.5. The predicted molar refractivity (Wildman–Crippen MR) is 328 cm³/mol. The molecule has 0 amide bonds. The van der Waals surface area contributed by atoms with Crippen molar-refractivity contribution in [2.45, 2.75) is 66.2 Å². The highest BCUT2D eigenvalue weighted by atomic mass is 16.5. The summed E-state index contributed by atoms with van der Waals surface area (Å²) in [7, 11) is 0. The molecule has 2 unspecified atom stereocenters. The average molecular weight is 1080 g/mol. The van der Waals surface area contributed by atoms with Crippen molar-refractivity contribution >= 4 is 77.7 Å². The Hall–Kier alpha value is -9.61. The average Bonchev–Trinajstić information content (AvgIpc) is 3.52. The summed E-state index contributed by atoms with van der Waals surface area (Å²) < 4.78 is 24.8. The van der Waals surface area contributed by atoms with Crippen LogP contribution in [-0.2, 0) is 31.9 Å². The zero-order valence-corrected chi connectivity index (χ0v) is 46.5. The fraction of sp³-hybridized carbons (Fsp3) is 0.197. The van der Waals surface area contributed by atoms with Crippen LogP contribution in [0.5, 0.6) is 0 Å². The van der Waals surface area contributed by atoms with Gasteiger partial charge in [0, 0.05) is 76.1 Å². The van der Waals surface area contributed by atoms with Crippen LogP contribution in [0.4, 0.5) is 0 Å². The van der Waals surface area contributed by atoms with E-state index in [0.29, 0.717) is 32.5 Å². The number of esters is 2. The van der Waals surface area contributed by atoms with E-state index < -0.39 is 0 Å². The van der Waals surface area contributed by atoms with Crippen LogP contribution in [0.2, 0.25) is 0 Å². The molecule has 82 heavy (non-hydrogen) atoms. The molecule has 0 radical (unpaired) electrons. The number of aromatic nitrogens is 6. The van der Waals surface area contributed by atoms with Crippen molar-refractivity contribution in [2.75, 3.05) is 13.2 Å². The quantitative estimate of drug-likeness (QED) is 0.0780. The third kappa shape index (κ3) is 9.97. The Labute approximate surface area is 475 Å². The number of benzene rings is 7. The summed E-state index contributed by atoms with van der Waals surface area (Å²) in [5.74, 6) is 0.741. The lowest BCUT2D eigenvalue weighted by Crippen LogP contribution is -2.19. The molecule has 11 nitrogen and oxygen atoms in total. The minimum Gasteiger partial charge on any atom is -0.465 e. The van der Waals surface area contributed by atoms with Crippen LogP contribution in [0.25, 0.3) is 105 Å². The third-order valence-electron chi connectivity index (χ3n) is 16.2. The van der Waals surface area contributed by atoms with E-state index in [-0.39, 0.29) is 30.2 Å². The topological polar surface area (TPSA) is 119 Å². The lowest BCUT2D eigenvalue weighted by Gasteiger charge is -2.20. The highest BCUT2D eigenvalue weighted by Gasteiger charge is 2.21. The van der Waals surface area contributed by atoms with Crippen LogP contribution < -0.4 is 0 Å². The van der Waals surface area contributed by atoms with Crippen molar-refractivity contribution in [1.29, 1.82) is 0 Å². The molecule has 0 saturated carbocycles. The number of ether oxygens (including phenoxy) is 2. The van der Waals surface area contributed by atoms with Gasteiger partial charge in [-0.15, -0.1) is 0 Å². The van der Waals surface area contributed by atoms with Crippen molar-refractivity contribution in [1.82, 2.24) is 28.7 Å². The Morgan fingerprint density at radius 1 is 0.524 bits per heavy atom. The smallest absolute Gasteiger partial charge is 0.306 e. The SMILES string of the molecule is CCC(COC(=O)CCc1cccc(-n2c3ccc(-c4ccc5oc6ccc(-n7c8ccccc8c8ncccc87)cc6c5c4)cc3c3ncccc32)c1)CC(C)COC(=O)CCc1cc(C)c(-n2ccnc2-c2ccccc2)c(C)c1. The van der Waals surface area contributed by atoms with E-state index in [9.17, 15) is 9.59 Å². The van der Waals surface area contributed by atoms with E-state index in [1.54, 1.807) is 0 Å². The zero-order chi connectivity index (χ0) is 55.8. The van der Waals surface area contributed by atoms with Gasteiger partial charge in [0.05, 0.1) is 52.0 Å². The number of imidazole rings is 1. The Bertz CT molecular complexity index is 4470. The number of carbonyl (C=O) groups is 2. The molecule has 13 rings (SSSR count). The van der Waals surface area contributed by atoms with Crippen LogP contribution >= 0.6 is 0 Å². The molecule has 6 aromatic heterocycles. The molecule has 13 aromatic rings. The highest BCUT2D eigenvalue weighted by molar-refractivity contribution is 6.11. The second-order valence-electron chi connectivity index (χ2n) is 21.9. The monoisotopic (exact) mass is 1080 g/mol. The minimum atomic E-state index is -0.223. The number of hydrogen-bond acceptors (Lipinski definition) is 8. The zero-order valence-electron chi connectivity index (χ0n) is 46.5. The lowest BCUT2D eigenvalue weighted by atomic mass is 9.95. The second-order valence-corrected chi connectivity index (χ2v) is 21.9. The van der Waals surface area contributed by atoms with E-state index in [1.807, 2.05) is 55.1 Å². The van der Waals surface area contributed by atoms with Gasteiger partial charge in [-0.1, -0.05) is 105 Å². The third-order valence-corrected chi connectivity index (χ3v) is 16.2. The maximum absolute atomic E-state index is 13.3. The normalized spacial score (nSPS) is 12.5. The molecule has 406 valence electrons. The van der Waals surface area contributed by atoms with Crippen molar-refractivity contribution in [2.24, 2.45) is 11.8 Å². The Kier molecular flexibility index (Phi) is 14.0. The summed E-state index contributed by atoms with van der Waals surface area (Å²) in [6.45, 7) is 9.08. The van der Waals surface area contributed by atoms with Crippen LogP contribution in [-0.4, -0.2) is 53.8 Å². The standard InChI is InChI=1S/C71H62N6O5/c1-5-48(36-45(2)43-80-66(78)31-23-50-37-46(3)70(47(4)38-50)75-35-34-74-71(75)51-15-7-6-8-16-51)44-81-67(79)30-22-49-14-11-17-54(39-49)76-61-27-24-52(41-59(61)69-63(76)21-13-33-73-69)53-25-28-64-57(40-53)58-42-55(26-29-65(58)82-64)77-60-19-10-9-18-56(60)68-62(77)20-12-32-72-68/h6-21,24-29,32-35,37-42,45,48H,5,22-23,30-31,36,43-44H2,1-4H3. The van der Waals surface area contributed by atoms with Crippen LogP contribution in [0.15, 0.2) is 199 Å². The van der Waals surface area contributed by atoms with Crippen LogP contribution in [0.3, 0.4) is 0 Å². The molecule has 0 aliphatic carbocycles. The van der Waals surface area contributed by atoms with Gasteiger partial charge in [-0.05, 0) is 163 Å². The van der Waals surface area contributed by atoms with Gasteiger partial charge in [0.1, 0.15) is 17.0 Å². The van der Waals surface area contributed by atoms with Gasteiger partial charge in [-0.3, -0.25) is 24.1 Å². The highest BCUT2D eigenvalue weighted by Crippen LogP contribution is 2.39. The molecule has 0 N–H and O–H groups in total. The maximum Gasteiger partial charge on any atom is 0.306 e. The largest absolute Gasteiger partial charge is 0.465 e. The number of hydrogen-bond donors (Lipinski definition) is 0. The fourth-order valence-electron chi connectivity index (χ4n) is 12.2. The van der Waals surface area contributed by atoms with Gasteiger partial charge in [0.2, 0.25) is 0 Å². The first kappa shape index (κ1) is 51.8. The molecule has 0 spiro atoms. The van der Waals surface area contributed by atoms with E-state index >= 15 is 0 Å². The van der Waals surface area contributed by atoms with Crippen molar-refractivity contribution in [3.8, 4) is 39.6 Å². The van der Waals surface area contributed by atoms with E-state index in [2.05, 4.69) is 186 Å². The fourth-order valence-corrected chi connectivity index (χ4v) is 12.2. The van der Waals surface area contributed by atoms with Gasteiger partial charge < -0.3 is 23.0 Å². The predicted octanol–water partition coefficient (Wildman–Crippen LogP) is 16.4. The van der Waals surface area contributed by atoms with E-state index in [0.717, 1.165) is 140 Å². The van der Waals surface area contributed by atoms with Gasteiger partial charge in [-0.2, -0.15) is 0 Å². The molecule has 0 aliphatic heterocycles. The Morgan fingerprint density at radius 3 is 1.88 bits per heavy atom. The Morgan fingerprint density at radius 2 is 1.13 bits per heavy atom. The number of furan rings is 1. The van der Waals surface area contributed by atoms with E-state index in [4.69, 9.17) is 23.9 Å². The summed E-state index contributed by atoms with van der Waals surface area (Å²) >= 11 is 0. The van der Waals surface area contributed by atoms with Crippen molar-refractivity contribution in [3.63, 3.8) is 0 Å². The van der Waals surface area contributed by atoms with Crippen molar-refractivity contribution in [3.05, 3.63) is 217 Å². The first-order valence-electron chi connectivity index (χ1n) is 28.5.